The third kappa shape index (κ3) is 2.69. The van der Waals surface area contributed by atoms with Crippen molar-refractivity contribution in [1.29, 1.82) is 0 Å². The Kier molecular flexibility index (Phi) is 3.72. The molecule has 0 radical (unpaired) electrons. The summed E-state index contributed by atoms with van der Waals surface area (Å²) in [5.74, 6) is -1.14. The molecule has 1 aromatic heterocycles. The molecule has 6 nitrogen and oxygen atoms in total. The van der Waals surface area contributed by atoms with Crippen molar-refractivity contribution in [1.82, 2.24) is 10.3 Å². The number of hydrogen-bond donors (Lipinski definition) is 3. The number of carbonyl (C=O) groups is 2. The number of pyridine rings is 1. The molecule has 1 aromatic carbocycles. The lowest BCUT2D eigenvalue weighted by Crippen LogP contribution is -2.49. The van der Waals surface area contributed by atoms with Gasteiger partial charge in [-0.25, -0.2) is 0 Å². The van der Waals surface area contributed by atoms with Crippen LogP contribution in [0, 0.1) is 0 Å². The molecule has 0 aliphatic rings. The Hall–Kier alpha value is -2.47. The van der Waals surface area contributed by atoms with Crippen molar-refractivity contribution in [3.63, 3.8) is 0 Å². The quantitative estimate of drug-likeness (QED) is 0.703. The molecule has 0 aliphatic carbocycles. The Labute approximate surface area is 109 Å². The van der Waals surface area contributed by atoms with Gasteiger partial charge in [0.2, 0.25) is 5.91 Å². The Morgan fingerprint density at radius 3 is 2.68 bits per heavy atom. The zero-order chi connectivity index (χ0) is 13.8. The molecule has 98 valence electrons. The van der Waals surface area contributed by atoms with Crippen LogP contribution in [0.5, 0.6) is 0 Å². The number of hydrogen-bond acceptors (Lipinski definition) is 4. The van der Waals surface area contributed by atoms with E-state index in [1.807, 2.05) is 18.2 Å². The van der Waals surface area contributed by atoms with Gasteiger partial charge in [-0.15, -0.1) is 0 Å². The fraction of sp³-hybridized carbons (Fsp3) is 0.154. The molecular formula is C13H14N4O2. The van der Waals surface area contributed by atoms with Gasteiger partial charge in [-0.2, -0.15) is 0 Å². The molecule has 6 heteroatoms. The monoisotopic (exact) mass is 258 g/mol. The average molecular weight is 258 g/mol. The largest absolute Gasteiger partial charge is 0.368 e. The maximum atomic E-state index is 12.1. The highest BCUT2D eigenvalue weighted by atomic mass is 16.2. The summed E-state index contributed by atoms with van der Waals surface area (Å²) in [6, 6.07) is 8.26. The van der Waals surface area contributed by atoms with E-state index < -0.39 is 17.9 Å². The molecule has 0 saturated heterocycles. The number of fused-ring (bicyclic) bond motifs is 1. The number of rotatable bonds is 4. The summed E-state index contributed by atoms with van der Waals surface area (Å²) < 4.78 is 0. The maximum Gasteiger partial charge on any atom is 0.271 e. The van der Waals surface area contributed by atoms with Crippen LogP contribution in [-0.2, 0) is 4.79 Å². The van der Waals surface area contributed by atoms with E-state index in [4.69, 9.17) is 11.5 Å². The fourth-order valence-electron chi connectivity index (χ4n) is 1.77. The van der Waals surface area contributed by atoms with Gasteiger partial charge in [0.15, 0.2) is 0 Å². The Bertz CT molecular complexity index is 622. The van der Waals surface area contributed by atoms with Crippen molar-refractivity contribution in [3.8, 4) is 0 Å². The molecule has 2 aromatic rings. The average Bonchev–Trinajstić information content (AvgIpc) is 2.43. The number of nitrogens with zero attached hydrogens (tertiary/aromatic N) is 1. The summed E-state index contributed by atoms with van der Waals surface area (Å²) in [5, 5.41) is 4.08. The van der Waals surface area contributed by atoms with Crippen molar-refractivity contribution < 1.29 is 9.59 Å². The van der Waals surface area contributed by atoms with Gasteiger partial charge in [-0.1, -0.05) is 24.3 Å². The molecule has 0 aliphatic heterocycles. The number of amides is 2. The van der Waals surface area contributed by atoms with E-state index in [-0.39, 0.29) is 12.2 Å². The topological polar surface area (TPSA) is 111 Å². The van der Waals surface area contributed by atoms with Crippen molar-refractivity contribution in [2.75, 3.05) is 6.54 Å². The molecular weight excluding hydrogens is 244 g/mol. The standard InChI is InChI=1S/C13H14N4O2/c14-7-10(12(15)18)17-13(19)11-9-4-2-1-3-8(9)5-6-16-11/h1-6,10H,7,14H2,(H2,15,18)(H,17,19). The lowest BCUT2D eigenvalue weighted by Gasteiger charge is -2.13. The first-order valence-electron chi connectivity index (χ1n) is 5.77. The molecule has 1 heterocycles. The van der Waals surface area contributed by atoms with Gasteiger partial charge >= 0.3 is 0 Å². The maximum absolute atomic E-state index is 12.1. The molecule has 1 unspecified atom stereocenters. The minimum atomic E-state index is -0.895. The molecule has 5 N–H and O–H groups in total. The summed E-state index contributed by atoms with van der Waals surface area (Å²) in [6.45, 7) is -0.0498. The Morgan fingerprint density at radius 1 is 1.26 bits per heavy atom. The molecule has 19 heavy (non-hydrogen) atoms. The minimum absolute atomic E-state index is 0.0498. The smallest absolute Gasteiger partial charge is 0.271 e. The highest BCUT2D eigenvalue weighted by molar-refractivity contribution is 6.06. The summed E-state index contributed by atoms with van der Waals surface area (Å²) in [4.78, 5) is 27.2. The molecule has 0 spiro atoms. The molecule has 1 atom stereocenters. The SMILES string of the molecule is NCC(NC(=O)c1nccc2ccccc12)C(N)=O. The van der Waals surface area contributed by atoms with Crippen LogP contribution < -0.4 is 16.8 Å². The Morgan fingerprint density at radius 2 is 2.00 bits per heavy atom. The highest BCUT2D eigenvalue weighted by Crippen LogP contribution is 2.16. The van der Waals surface area contributed by atoms with Gasteiger partial charge in [-0.3, -0.25) is 14.6 Å². The first kappa shape index (κ1) is 13.0. The summed E-state index contributed by atoms with van der Waals surface area (Å²) in [7, 11) is 0. The second-order valence-corrected chi connectivity index (χ2v) is 4.04. The third-order valence-corrected chi connectivity index (χ3v) is 2.77. The summed E-state index contributed by atoms with van der Waals surface area (Å²) in [5.41, 5.74) is 10.8. The van der Waals surface area contributed by atoms with Crippen LogP contribution in [0.2, 0.25) is 0 Å². The molecule has 0 saturated carbocycles. The van der Waals surface area contributed by atoms with Crippen LogP contribution in [0.3, 0.4) is 0 Å². The minimum Gasteiger partial charge on any atom is -0.368 e. The zero-order valence-electron chi connectivity index (χ0n) is 10.2. The molecule has 2 rings (SSSR count). The van der Waals surface area contributed by atoms with E-state index >= 15 is 0 Å². The predicted octanol–water partition coefficient (Wildman–Crippen LogP) is -0.223. The van der Waals surface area contributed by atoms with Crippen LogP contribution >= 0.6 is 0 Å². The lowest BCUT2D eigenvalue weighted by molar-refractivity contribution is -0.119. The van der Waals surface area contributed by atoms with Crippen molar-refractivity contribution >= 4 is 22.6 Å². The fourth-order valence-corrected chi connectivity index (χ4v) is 1.77. The first-order chi connectivity index (χ1) is 9.13. The van der Waals surface area contributed by atoms with Gasteiger partial charge in [0.05, 0.1) is 0 Å². The van der Waals surface area contributed by atoms with Crippen molar-refractivity contribution in [2.24, 2.45) is 11.5 Å². The first-order valence-corrected chi connectivity index (χ1v) is 5.77. The second-order valence-electron chi connectivity index (χ2n) is 4.04. The van der Waals surface area contributed by atoms with Crippen LogP contribution in [-0.4, -0.2) is 29.4 Å². The van der Waals surface area contributed by atoms with Crippen molar-refractivity contribution in [2.45, 2.75) is 6.04 Å². The van der Waals surface area contributed by atoms with E-state index in [0.29, 0.717) is 5.39 Å². The van der Waals surface area contributed by atoms with E-state index in [0.717, 1.165) is 5.39 Å². The van der Waals surface area contributed by atoms with Crippen LogP contribution in [0.15, 0.2) is 36.5 Å². The summed E-state index contributed by atoms with van der Waals surface area (Å²) in [6.07, 6.45) is 1.54. The van der Waals surface area contributed by atoms with Gasteiger partial charge in [0.1, 0.15) is 11.7 Å². The molecule has 0 bridgehead atoms. The van der Waals surface area contributed by atoms with Gasteiger partial charge < -0.3 is 16.8 Å². The molecule has 0 fully saturated rings. The normalized spacial score (nSPS) is 12.1. The van der Waals surface area contributed by atoms with Crippen LogP contribution in [0.25, 0.3) is 10.8 Å². The number of nitrogens with two attached hydrogens (primary N) is 2. The van der Waals surface area contributed by atoms with E-state index in [1.165, 1.54) is 0 Å². The highest BCUT2D eigenvalue weighted by Gasteiger charge is 2.19. The van der Waals surface area contributed by atoms with Crippen LogP contribution in [0.4, 0.5) is 0 Å². The molecule has 2 amide bonds. The predicted molar refractivity (Wildman–Crippen MR) is 71.2 cm³/mol. The van der Waals surface area contributed by atoms with E-state index in [2.05, 4.69) is 10.3 Å². The number of primary amides is 1. The van der Waals surface area contributed by atoms with Crippen LogP contribution in [0.1, 0.15) is 10.5 Å². The van der Waals surface area contributed by atoms with Crippen molar-refractivity contribution in [3.05, 3.63) is 42.2 Å². The Balaban J connectivity index is 2.34. The van der Waals surface area contributed by atoms with E-state index in [9.17, 15) is 9.59 Å². The number of benzene rings is 1. The second kappa shape index (κ2) is 5.45. The van der Waals surface area contributed by atoms with E-state index in [1.54, 1.807) is 18.3 Å². The number of carbonyl (C=O) groups excluding carboxylic acids is 2. The lowest BCUT2D eigenvalue weighted by atomic mass is 10.1. The van der Waals surface area contributed by atoms with Gasteiger partial charge in [0, 0.05) is 18.1 Å². The van der Waals surface area contributed by atoms with Gasteiger partial charge in [0.25, 0.3) is 5.91 Å². The summed E-state index contributed by atoms with van der Waals surface area (Å²) >= 11 is 0. The van der Waals surface area contributed by atoms with Gasteiger partial charge in [-0.05, 0) is 11.5 Å². The number of aromatic nitrogens is 1. The zero-order valence-corrected chi connectivity index (χ0v) is 10.2. The third-order valence-electron chi connectivity index (χ3n) is 2.77. The number of nitrogens with one attached hydrogen (secondary N) is 1.